The number of oxazole rings is 1. The summed E-state index contributed by atoms with van der Waals surface area (Å²) in [6.45, 7) is 2.05. The second kappa shape index (κ2) is 5.27. The molecule has 2 aromatic carbocycles. The Morgan fingerprint density at radius 1 is 1.16 bits per heavy atom. The number of fused-ring (bicyclic) bond motifs is 1. The average Bonchev–Trinajstić information content (AvgIpc) is 2.80. The zero-order chi connectivity index (χ0) is 13.2. The number of hydrogen-bond donors (Lipinski definition) is 0. The zero-order valence-corrected chi connectivity index (χ0v) is 12.0. The molecule has 0 atom stereocenters. The first-order valence-corrected chi connectivity index (χ1v) is 7.31. The lowest BCUT2D eigenvalue weighted by Gasteiger charge is -1.98. The van der Waals surface area contributed by atoms with Gasteiger partial charge in [0.2, 0.25) is 0 Å². The smallest absolute Gasteiger partial charge is 0.257 e. The number of hydrogen-bond acceptors (Lipinski definition) is 3. The maximum atomic E-state index is 5.86. The van der Waals surface area contributed by atoms with Gasteiger partial charge in [0, 0.05) is 10.8 Å². The van der Waals surface area contributed by atoms with Gasteiger partial charge in [-0.3, -0.25) is 0 Å². The van der Waals surface area contributed by atoms with Crippen LogP contribution in [0.15, 0.2) is 52.1 Å². The van der Waals surface area contributed by atoms with Gasteiger partial charge in [-0.2, -0.15) is 0 Å². The van der Waals surface area contributed by atoms with Crippen LogP contribution in [0.2, 0.25) is 5.02 Å². The highest BCUT2D eigenvalue weighted by atomic mass is 35.5. The monoisotopic (exact) mass is 289 g/mol. The van der Waals surface area contributed by atoms with Crippen molar-refractivity contribution in [2.45, 2.75) is 17.9 Å². The van der Waals surface area contributed by atoms with Crippen LogP contribution < -0.4 is 0 Å². The summed E-state index contributed by atoms with van der Waals surface area (Å²) in [6.07, 6.45) is 0. The van der Waals surface area contributed by atoms with E-state index in [4.69, 9.17) is 16.0 Å². The predicted octanol–water partition coefficient (Wildman–Crippen LogP) is 5.08. The fourth-order valence-corrected chi connectivity index (χ4v) is 2.72. The van der Waals surface area contributed by atoms with Gasteiger partial charge in [0.1, 0.15) is 5.52 Å². The number of nitrogens with zero attached hydrogens (tertiary/aromatic N) is 1. The second-order valence-corrected chi connectivity index (χ2v) is 5.73. The Bertz CT molecular complexity index is 706. The van der Waals surface area contributed by atoms with Crippen molar-refractivity contribution in [1.82, 2.24) is 4.98 Å². The maximum Gasteiger partial charge on any atom is 0.257 e. The molecule has 96 valence electrons. The van der Waals surface area contributed by atoms with E-state index in [9.17, 15) is 0 Å². The van der Waals surface area contributed by atoms with Crippen LogP contribution in [0.5, 0.6) is 0 Å². The third-order valence-corrected chi connectivity index (χ3v) is 3.95. The van der Waals surface area contributed by atoms with E-state index >= 15 is 0 Å². The summed E-state index contributed by atoms with van der Waals surface area (Å²) in [4.78, 5) is 4.48. The number of rotatable bonds is 3. The molecule has 0 N–H and O–H groups in total. The van der Waals surface area contributed by atoms with Gasteiger partial charge in [-0.1, -0.05) is 41.6 Å². The fourth-order valence-electron chi connectivity index (χ4n) is 1.80. The van der Waals surface area contributed by atoms with Crippen molar-refractivity contribution in [3.63, 3.8) is 0 Å². The quantitative estimate of drug-likeness (QED) is 0.629. The molecule has 0 amide bonds. The average molecular weight is 290 g/mol. The zero-order valence-electron chi connectivity index (χ0n) is 10.4. The topological polar surface area (TPSA) is 26.0 Å². The molecule has 0 spiro atoms. The summed E-state index contributed by atoms with van der Waals surface area (Å²) in [5.74, 6) is 0.822. The summed E-state index contributed by atoms with van der Waals surface area (Å²) < 4.78 is 5.69. The van der Waals surface area contributed by atoms with Crippen LogP contribution in [-0.2, 0) is 5.75 Å². The van der Waals surface area contributed by atoms with Crippen molar-refractivity contribution >= 4 is 34.5 Å². The Kier molecular flexibility index (Phi) is 3.49. The number of benzene rings is 2. The highest BCUT2D eigenvalue weighted by Gasteiger charge is 2.06. The Hall–Kier alpha value is -1.45. The maximum absolute atomic E-state index is 5.86. The van der Waals surface area contributed by atoms with Gasteiger partial charge < -0.3 is 4.42 Å². The van der Waals surface area contributed by atoms with Crippen molar-refractivity contribution in [2.75, 3.05) is 0 Å². The predicted molar refractivity (Wildman–Crippen MR) is 79.8 cm³/mol. The van der Waals surface area contributed by atoms with E-state index in [-0.39, 0.29) is 0 Å². The van der Waals surface area contributed by atoms with Gasteiger partial charge >= 0.3 is 0 Å². The Morgan fingerprint density at radius 2 is 1.95 bits per heavy atom. The van der Waals surface area contributed by atoms with Crippen molar-refractivity contribution in [1.29, 1.82) is 0 Å². The minimum Gasteiger partial charge on any atom is -0.431 e. The molecule has 1 heterocycles. The molecule has 0 fully saturated rings. The number of aromatic nitrogens is 1. The highest BCUT2D eigenvalue weighted by Crippen LogP contribution is 2.27. The van der Waals surface area contributed by atoms with Crippen LogP contribution in [0.25, 0.3) is 11.1 Å². The SMILES string of the molecule is Cc1ccc2oc(SCc3ccc(Cl)cc3)nc2c1. The Labute approximate surface area is 120 Å². The fraction of sp³-hybridized carbons (Fsp3) is 0.133. The molecular formula is C15H12ClNOS. The van der Waals surface area contributed by atoms with E-state index in [0.717, 1.165) is 21.9 Å². The van der Waals surface area contributed by atoms with Gasteiger partial charge in [-0.25, -0.2) is 4.98 Å². The number of aryl methyl sites for hydroxylation is 1. The third kappa shape index (κ3) is 2.94. The molecule has 19 heavy (non-hydrogen) atoms. The van der Waals surface area contributed by atoms with Crippen molar-refractivity contribution in [3.05, 3.63) is 58.6 Å². The summed E-state index contributed by atoms with van der Waals surface area (Å²) in [6, 6.07) is 13.8. The largest absolute Gasteiger partial charge is 0.431 e. The van der Waals surface area contributed by atoms with Gasteiger partial charge in [0.05, 0.1) is 0 Å². The lowest BCUT2D eigenvalue weighted by atomic mass is 10.2. The van der Waals surface area contributed by atoms with E-state index in [2.05, 4.69) is 11.9 Å². The first-order valence-electron chi connectivity index (χ1n) is 5.95. The first-order chi connectivity index (χ1) is 9.20. The molecule has 4 heteroatoms. The molecule has 0 radical (unpaired) electrons. The normalized spacial score (nSPS) is 11.1. The Balaban J connectivity index is 1.76. The van der Waals surface area contributed by atoms with E-state index in [0.29, 0.717) is 5.22 Å². The molecule has 2 nitrogen and oxygen atoms in total. The molecule has 0 bridgehead atoms. The van der Waals surface area contributed by atoms with Crippen LogP contribution >= 0.6 is 23.4 Å². The highest BCUT2D eigenvalue weighted by molar-refractivity contribution is 7.98. The van der Waals surface area contributed by atoms with Crippen molar-refractivity contribution in [2.24, 2.45) is 0 Å². The van der Waals surface area contributed by atoms with Crippen LogP contribution in [0.4, 0.5) is 0 Å². The van der Waals surface area contributed by atoms with E-state index in [1.54, 1.807) is 11.8 Å². The summed E-state index contributed by atoms with van der Waals surface area (Å²) in [5, 5.41) is 1.46. The lowest BCUT2D eigenvalue weighted by Crippen LogP contribution is -1.79. The molecule has 0 saturated heterocycles. The molecule has 0 aliphatic rings. The molecule has 0 aliphatic heterocycles. The van der Waals surface area contributed by atoms with Crippen LogP contribution in [0, 0.1) is 6.92 Å². The van der Waals surface area contributed by atoms with Crippen molar-refractivity contribution in [3.8, 4) is 0 Å². The summed E-state index contributed by atoms with van der Waals surface area (Å²) in [5.41, 5.74) is 4.14. The molecule has 0 unspecified atom stereocenters. The van der Waals surface area contributed by atoms with Crippen molar-refractivity contribution < 1.29 is 4.42 Å². The summed E-state index contributed by atoms with van der Waals surface area (Å²) in [7, 11) is 0. The summed E-state index contributed by atoms with van der Waals surface area (Å²) >= 11 is 7.45. The second-order valence-electron chi connectivity index (χ2n) is 4.37. The van der Waals surface area contributed by atoms with Gasteiger partial charge in [0.25, 0.3) is 5.22 Å². The molecule has 0 saturated carbocycles. The van der Waals surface area contributed by atoms with Crippen LogP contribution in [0.3, 0.4) is 0 Å². The van der Waals surface area contributed by atoms with E-state index in [1.165, 1.54) is 11.1 Å². The molecule has 0 aliphatic carbocycles. The molecule has 3 aromatic rings. The minimum atomic E-state index is 0.704. The van der Waals surface area contributed by atoms with Gasteiger partial charge in [0.15, 0.2) is 5.58 Å². The lowest BCUT2D eigenvalue weighted by molar-refractivity contribution is 0.489. The third-order valence-electron chi connectivity index (χ3n) is 2.80. The molecule has 1 aromatic heterocycles. The number of halogens is 1. The minimum absolute atomic E-state index is 0.704. The van der Waals surface area contributed by atoms with E-state index < -0.39 is 0 Å². The van der Waals surface area contributed by atoms with Gasteiger partial charge in [-0.15, -0.1) is 0 Å². The number of thioether (sulfide) groups is 1. The van der Waals surface area contributed by atoms with Crippen LogP contribution in [0.1, 0.15) is 11.1 Å². The van der Waals surface area contributed by atoms with E-state index in [1.807, 2.05) is 42.5 Å². The van der Waals surface area contributed by atoms with Gasteiger partial charge in [-0.05, 0) is 42.3 Å². The Morgan fingerprint density at radius 3 is 2.74 bits per heavy atom. The molecular weight excluding hydrogens is 278 g/mol. The standard InChI is InChI=1S/C15H12ClNOS/c1-10-2-7-14-13(8-10)17-15(18-14)19-9-11-3-5-12(16)6-4-11/h2-8H,9H2,1H3. The van der Waals surface area contributed by atoms with Crippen LogP contribution in [-0.4, -0.2) is 4.98 Å². The first kappa shape index (κ1) is 12.6. The molecule has 3 rings (SSSR count).